The summed E-state index contributed by atoms with van der Waals surface area (Å²) in [5, 5.41) is 0. The van der Waals surface area contributed by atoms with E-state index in [1.807, 2.05) is 13.8 Å². The van der Waals surface area contributed by atoms with Gasteiger partial charge in [0.1, 0.15) is 0 Å². The summed E-state index contributed by atoms with van der Waals surface area (Å²) in [5.74, 6) is 0.0971. The van der Waals surface area contributed by atoms with Gasteiger partial charge >= 0.3 is 0 Å². The maximum absolute atomic E-state index is 12.1. The van der Waals surface area contributed by atoms with Gasteiger partial charge in [-0.15, -0.1) is 0 Å². The lowest BCUT2D eigenvalue weighted by Gasteiger charge is -2.18. The Balaban J connectivity index is 2.51. The van der Waals surface area contributed by atoms with Crippen LogP contribution in [-0.4, -0.2) is 11.6 Å². The standard InChI is InChI=1S/C14H14O2/c1-3-9(2)12-8-13(15)10-6-4-5-7-11(10)14(12)16/h4-9H,3H2,1-2H3. The first-order chi connectivity index (χ1) is 7.65. The Labute approximate surface area is 95.0 Å². The van der Waals surface area contributed by atoms with Crippen LogP contribution in [0.15, 0.2) is 35.9 Å². The fraction of sp³-hybridized carbons (Fsp3) is 0.286. The van der Waals surface area contributed by atoms with Gasteiger partial charge in [-0.05, 0) is 18.4 Å². The van der Waals surface area contributed by atoms with Gasteiger partial charge in [0.05, 0.1) is 0 Å². The van der Waals surface area contributed by atoms with Crippen LogP contribution >= 0.6 is 0 Å². The van der Waals surface area contributed by atoms with E-state index in [2.05, 4.69) is 0 Å². The molecule has 1 atom stereocenters. The molecule has 0 aromatic heterocycles. The zero-order chi connectivity index (χ0) is 11.7. The minimum absolute atomic E-state index is 0.00421. The molecule has 0 spiro atoms. The topological polar surface area (TPSA) is 34.1 Å². The van der Waals surface area contributed by atoms with E-state index in [1.165, 1.54) is 6.08 Å². The third kappa shape index (κ3) is 1.60. The second-order valence-electron chi connectivity index (χ2n) is 4.15. The van der Waals surface area contributed by atoms with Crippen molar-refractivity contribution in [2.75, 3.05) is 0 Å². The molecule has 1 aliphatic rings. The fourth-order valence-electron chi connectivity index (χ4n) is 1.92. The first-order valence-corrected chi connectivity index (χ1v) is 5.54. The van der Waals surface area contributed by atoms with Gasteiger partial charge < -0.3 is 0 Å². The Kier molecular flexibility index (Phi) is 2.73. The van der Waals surface area contributed by atoms with E-state index in [4.69, 9.17) is 0 Å². The molecule has 0 aliphatic heterocycles. The van der Waals surface area contributed by atoms with Gasteiger partial charge in [0, 0.05) is 16.7 Å². The summed E-state index contributed by atoms with van der Waals surface area (Å²) >= 11 is 0. The molecular formula is C14H14O2. The number of carbonyl (C=O) groups excluding carboxylic acids is 2. The molecule has 16 heavy (non-hydrogen) atoms. The van der Waals surface area contributed by atoms with Crippen molar-refractivity contribution in [2.24, 2.45) is 5.92 Å². The molecule has 0 heterocycles. The Bertz CT molecular complexity index is 483. The summed E-state index contributed by atoms with van der Waals surface area (Å²) in [6.07, 6.45) is 2.37. The largest absolute Gasteiger partial charge is 0.289 e. The molecule has 0 bridgehead atoms. The molecule has 1 aliphatic carbocycles. The average molecular weight is 214 g/mol. The first-order valence-electron chi connectivity index (χ1n) is 5.54. The molecule has 0 saturated heterocycles. The van der Waals surface area contributed by atoms with Crippen molar-refractivity contribution < 1.29 is 9.59 Å². The molecule has 1 unspecified atom stereocenters. The second kappa shape index (κ2) is 4.05. The summed E-state index contributed by atoms with van der Waals surface area (Å²) in [5.41, 5.74) is 1.72. The summed E-state index contributed by atoms with van der Waals surface area (Å²) < 4.78 is 0. The minimum Gasteiger partial charge on any atom is -0.289 e. The van der Waals surface area contributed by atoms with E-state index in [1.54, 1.807) is 24.3 Å². The number of allylic oxidation sites excluding steroid dienone is 2. The zero-order valence-corrected chi connectivity index (χ0v) is 9.49. The van der Waals surface area contributed by atoms with Crippen LogP contribution < -0.4 is 0 Å². The van der Waals surface area contributed by atoms with Crippen LogP contribution in [0.25, 0.3) is 0 Å². The molecule has 0 saturated carbocycles. The molecule has 2 rings (SSSR count). The van der Waals surface area contributed by atoms with Crippen molar-refractivity contribution in [2.45, 2.75) is 20.3 Å². The molecule has 82 valence electrons. The summed E-state index contributed by atoms with van der Waals surface area (Å²) in [4.78, 5) is 24.0. The van der Waals surface area contributed by atoms with Gasteiger partial charge in [-0.2, -0.15) is 0 Å². The third-order valence-corrected chi connectivity index (χ3v) is 3.13. The molecular weight excluding hydrogens is 200 g/mol. The molecule has 0 fully saturated rings. The Morgan fingerprint density at radius 2 is 1.75 bits per heavy atom. The summed E-state index contributed by atoms with van der Waals surface area (Å²) in [6.45, 7) is 3.99. The van der Waals surface area contributed by atoms with Gasteiger partial charge in [-0.1, -0.05) is 38.1 Å². The normalized spacial score (nSPS) is 16.8. The highest BCUT2D eigenvalue weighted by molar-refractivity contribution is 6.24. The number of Topliss-reactive ketones (excluding diaryl/α,β-unsaturated/α-hetero) is 1. The van der Waals surface area contributed by atoms with Crippen LogP contribution in [0, 0.1) is 5.92 Å². The van der Waals surface area contributed by atoms with Crippen molar-refractivity contribution in [3.05, 3.63) is 47.0 Å². The van der Waals surface area contributed by atoms with E-state index in [0.717, 1.165) is 6.42 Å². The van der Waals surface area contributed by atoms with Gasteiger partial charge in [0.2, 0.25) is 0 Å². The van der Waals surface area contributed by atoms with Crippen molar-refractivity contribution in [1.29, 1.82) is 0 Å². The SMILES string of the molecule is CCC(C)C1=CC(=O)c2ccccc2C1=O. The van der Waals surface area contributed by atoms with Gasteiger partial charge in [0.25, 0.3) is 0 Å². The maximum Gasteiger partial charge on any atom is 0.190 e. The number of hydrogen-bond acceptors (Lipinski definition) is 2. The maximum atomic E-state index is 12.1. The monoisotopic (exact) mass is 214 g/mol. The smallest absolute Gasteiger partial charge is 0.190 e. The van der Waals surface area contributed by atoms with E-state index < -0.39 is 0 Å². The average Bonchev–Trinajstić information content (AvgIpc) is 2.33. The lowest BCUT2D eigenvalue weighted by Crippen LogP contribution is -2.20. The molecule has 0 N–H and O–H groups in total. The number of fused-ring (bicyclic) bond motifs is 1. The van der Waals surface area contributed by atoms with Gasteiger partial charge in [-0.25, -0.2) is 0 Å². The number of benzene rings is 1. The highest BCUT2D eigenvalue weighted by atomic mass is 16.1. The zero-order valence-electron chi connectivity index (χ0n) is 9.49. The number of hydrogen-bond donors (Lipinski definition) is 0. The summed E-state index contributed by atoms with van der Waals surface area (Å²) in [7, 11) is 0. The van der Waals surface area contributed by atoms with E-state index in [9.17, 15) is 9.59 Å². The quantitative estimate of drug-likeness (QED) is 0.758. The Morgan fingerprint density at radius 3 is 2.38 bits per heavy atom. The van der Waals surface area contributed by atoms with Crippen LogP contribution in [0.4, 0.5) is 0 Å². The number of ketones is 2. The molecule has 1 aromatic carbocycles. The number of rotatable bonds is 2. The highest BCUT2D eigenvalue weighted by Crippen LogP contribution is 2.26. The molecule has 0 amide bonds. The van der Waals surface area contributed by atoms with Crippen LogP contribution in [-0.2, 0) is 0 Å². The van der Waals surface area contributed by atoms with E-state index in [0.29, 0.717) is 16.7 Å². The van der Waals surface area contributed by atoms with Crippen LogP contribution in [0.5, 0.6) is 0 Å². The van der Waals surface area contributed by atoms with Crippen molar-refractivity contribution in [1.82, 2.24) is 0 Å². The van der Waals surface area contributed by atoms with Crippen LogP contribution in [0.1, 0.15) is 41.0 Å². The van der Waals surface area contributed by atoms with Gasteiger partial charge in [-0.3, -0.25) is 9.59 Å². The Morgan fingerprint density at radius 1 is 1.12 bits per heavy atom. The number of carbonyl (C=O) groups is 2. The van der Waals surface area contributed by atoms with Crippen LogP contribution in [0.3, 0.4) is 0 Å². The van der Waals surface area contributed by atoms with Crippen molar-refractivity contribution in [3.8, 4) is 0 Å². The van der Waals surface area contributed by atoms with Crippen molar-refractivity contribution >= 4 is 11.6 Å². The van der Waals surface area contributed by atoms with Crippen molar-refractivity contribution in [3.63, 3.8) is 0 Å². The predicted molar refractivity (Wildman–Crippen MR) is 62.6 cm³/mol. The lowest BCUT2D eigenvalue weighted by molar-refractivity contribution is 0.0975. The minimum atomic E-state index is -0.0505. The Hall–Kier alpha value is -1.70. The second-order valence-corrected chi connectivity index (χ2v) is 4.15. The third-order valence-electron chi connectivity index (χ3n) is 3.13. The molecule has 0 radical (unpaired) electrons. The highest BCUT2D eigenvalue weighted by Gasteiger charge is 2.27. The first kappa shape index (κ1) is 10.8. The lowest BCUT2D eigenvalue weighted by atomic mass is 9.83. The summed E-state index contributed by atoms with van der Waals surface area (Å²) in [6, 6.07) is 7.01. The van der Waals surface area contributed by atoms with E-state index >= 15 is 0 Å². The van der Waals surface area contributed by atoms with Crippen LogP contribution in [0.2, 0.25) is 0 Å². The molecule has 2 nitrogen and oxygen atoms in total. The fourth-order valence-corrected chi connectivity index (χ4v) is 1.92. The van der Waals surface area contributed by atoms with Gasteiger partial charge in [0.15, 0.2) is 11.6 Å². The molecule has 1 aromatic rings. The predicted octanol–water partition coefficient (Wildman–Crippen LogP) is 3.04. The van der Waals surface area contributed by atoms with E-state index in [-0.39, 0.29) is 17.5 Å². The molecule has 2 heteroatoms.